The van der Waals surface area contributed by atoms with Crippen molar-refractivity contribution in [2.75, 3.05) is 11.5 Å². The van der Waals surface area contributed by atoms with E-state index in [0.29, 0.717) is 5.75 Å². The van der Waals surface area contributed by atoms with E-state index in [9.17, 15) is 13.6 Å². The number of aliphatic carboxylic acids is 1. The molecule has 76 valence electrons. The van der Waals surface area contributed by atoms with Crippen LogP contribution in [-0.2, 0) is 4.79 Å². The van der Waals surface area contributed by atoms with Crippen LogP contribution >= 0.6 is 11.8 Å². The summed E-state index contributed by atoms with van der Waals surface area (Å²) in [7, 11) is 0. The first kappa shape index (κ1) is 10.8. The molecule has 0 bridgehead atoms. The Morgan fingerprint density at radius 1 is 1.54 bits per heavy atom. The van der Waals surface area contributed by atoms with Gasteiger partial charge in [-0.2, -0.15) is 11.8 Å². The molecule has 13 heavy (non-hydrogen) atoms. The first-order valence-corrected chi connectivity index (χ1v) is 5.27. The average Bonchev–Trinajstić information content (AvgIpc) is 2.66. The molecular formula is C8H12F2O2S. The molecule has 0 saturated heterocycles. The number of thioether (sulfide) groups is 1. The molecule has 0 radical (unpaired) electrons. The molecule has 0 unspecified atom stereocenters. The van der Waals surface area contributed by atoms with Crippen LogP contribution in [0.4, 0.5) is 8.78 Å². The first-order valence-electron chi connectivity index (χ1n) is 4.12. The molecule has 0 aromatic rings. The van der Waals surface area contributed by atoms with Crippen molar-refractivity contribution in [2.45, 2.75) is 25.7 Å². The van der Waals surface area contributed by atoms with Crippen LogP contribution in [-0.4, -0.2) is 29.0 Å². The van der Waals surface area contributed by atoms with Gasteiger partial charge in [0.25, 0.3) is 0 Å². The molecule has 0 aliphatic heterocycles. The lowest BCUT2D eigenvalue weighted by Crippen LogP contribution is -2.12. The molecule has 0 spiro atoms. The van der Waals surface area contributed by atoms with Crippen LogP contribution in [0.2, 0.25) is 0 Å². The molecule has 1 rings (SSSR count). The standard InChI is InChI=1S/C8H12F2O2S/c9-6(10)4-13-5-8(1-2-8)3-7(11)12/h6H,1-5H2,(H,11,12). The monoisotopic (exact) mass is 210 g/mol. The van der Waals surface area contributed by atoms with Crippen LogP contribution in [0, 0.1) is 5.41 Å². The average molecular weight is 210 g/mol. The summed E-state index contributed by atoms with van der Waals surface area (Å²) in [5, 5.41) is 8.54. The second-order valence-electron chi connectivity index (χ2n) is 3.48. The van der Waals surface area contributed by atoms with E-state index in [0.717, 1.165) is 24.6 Å². The predicted molar refractivity (Wildman–Crippen MR) is 47.2 cm³/mol. The van der Waals surface area contributed by atoms with E-state index >= 15 is 0 Å². The zero-order valence-electron chi connectivity index (χ0n) is 7.13. The Hall–Kier alpha value is -0.320. The SMILES string of the molecule is O=C(O)CC1(CSCC(F)F)CC1. The number of alkyl halides is 2. The van der Waals surface area contributed by atoms with Crippen molar-refractivity contribution in [1.29, 1.82) is 0 Å². The van der Waals surface area contributed by atoms with Gasteiger partial charge in [0.2, 0.25) is 6.43 Å². The lowest BCUT2D eigenvalue weighted by atomic mass is 10.1. The number of halogens is 2. The minimum Gasteiger partial charge on any atom is -0.481 e. The Morgan fingerprint density at radius 3 is 2.54 bits per heavy atom. The molecule has 0 heterocycles. The summed E-state index contributed by atoms with van der Waals surface area (Å²) in [6.45, 7) is 0. The van der Waals surface area contributed by atoms with Gasteiger partial charge in [0.05, 0.1) is 12.2 Å². The molecule has 5 heteroatoms. The first-order chi connectivity index (χ1) is 6.04. The maximum absolute atomic E-state index is 11.8. The van der Waals surface area contributed by atoms with Crippen molar-refractivity contribution in [2.24, 2.45) is 5.41 Å². The third-order valence-corrected chi connectivity index (χ3v) is 3.44. The second-order valence-corrected chi connectivity index (χ2v) is 4.51. The van der Waals surface area contributed by atoms with Gasteiger partial charge in [-0.1, -0.05) is 0 Å². The number of carboxylic acid groups (broad SMARTS) is 1. The van der Waals surface area contributed by atoms with E-state index in [1.54, 1.807) is 0 Å². The largest absolute Gasteiger partial charge is 0.481 e. The molecule has 1 fully saturated rings. The summed E-state index contributed by atoms with van der Waals surface area (Å²) in [4.78, 5) is 10.4. The molecule has 0 amide bonds. The minimum absolute atomic E-state index is 0.128. The normalized spacial score (nSPS) is 19.0. The van der Waals surface area contributed by atoms with E-state index in [2.05, 4.69) is 0 Å². The van der Waals surface area contributed by atoms with Gasteiger partial charge in [-0.3, -0.25) is 4.79 Å². The third-order valence-electron chi connectivity index (χ3n) is 2.14. The van der Waals surface area contributed by atoms with Crippen LogP contribution in [0.25, 0.3) is 0 Å². The smallest absolute Gasteiger partial charge is 0.303 e. The highest BCUT2D eigenvalue weighted by Crippen LogP contribution is 2.51. The van der Waals surface area contributed by atoms with E-state index in [-0.39, 0.29) is 17.6 Å². The van der Waals surface area contributed by atoms with Gasteiger partial charge < -0.3 is 5.11 Å². The Bertz CT molecular complexity index is 193. The maximum Gasteiger partial charge on any atom is 0.303 e. The van der Waals surface area contributed by atoms with Gasteiger partial charge in [-0.05, 0) is 24.0 Å². The van der Waals surface area contributed by atoms with Gasteiger partial charge in [0.15, 0.2) is 0 Å². The number of hydrogen-bond donors (Lipinski definition) is 1. The third kappa shape index (κ3) is 3.93. The van der Waals surface area contributed by atoms with E-state index < -0.39 is 12.4 Å². The predicted octanol–water partition coefficient (Wildman–Crippen LogP) is 2.24. The molecule has 1 saturated carbocycles. The van der Waals surface area contributed by atoms with E-state index in [1.807, 2.05) is 0 Å². The fourth-order valence-corrected chi connectivity index (χ4v) is 2.35. The van der Waals surface area contributed by atoms with Crippen LogP contribution in [0.15, 0.2) is 0 Å². The van der Waals surface area contributed by atoms with Crippen molar-refractivity contribution < 1.29 is 18.7 Å². The fraction of sp³-hybridized carbons (Fsp3) is 0.875. The maximum atomic E-state index is 11.8. The van der Waals surface area contributed by atoms with Crippen LogP contribution in [0.1, 0.15) is 19.3 Å². The Kier molecular flexibility index (Phi) is 3.53. The molecular weight excluding hydrogens is 198 g/mol. The highest BCUT2D eigenvalue weighted by atomic mass is 32.2. The minimum atomic E-state index is -2.29. The summed E-state index contributed by atoms with van der Waals surface area (Å²) in [6, 6.07) is 0. The summed E-state index contributed by atoms with van der Waals surface area (Å²) in [5.41, 5.74) is -0.161. The zero-order valence-corrected chi connectivity index (χ0v) is 7.95. The molecule has 1 N–H and O–H groups in total. The zero-order chi connectivity index (χ0) is 9.90. The van der Waals surface area contributed by atoms with Crippen LogP contribution in [0.5, 0.6) is 0 Å². The van der Waals surface area contributed by atoms with Gasteiger partial charge in [0, 0.05) is 0 Å². The lowest BCUT2D eigenvalue weighted by molar-refractivity contribution is -0.138. The Balaban J connectivity index is 2.16. The number of carboxylic acids is 1. The van der Waals surface area contributed by atoms with Crippen molar-refractivity contribution in [1.82, 2.24) is 0 Å². The topological polar surface area (TPSA) is 37.3 Å². The Labute approximate surface area is 79.7 Å². The van der Waals surface area contributed by atoms with Crippen molar-refractivity contribution in [3.8, 4) is 0 Å². The quantitative estimate of drug-likeness (QED) is 0.730. The van der Waals surface area contributed by atoms with Crippen molar-refractivity contribution in [3.05, 3.63) is 0 Å². The van der Waals surface area contributed by atoms with Crippen molar-refractivity contribution >= 4 is 17.7 Å². The van der Waals surface area contributed by atoms with Crippen LogP contribution < -0.4 is 0 Å². The van der Waals surface area contributed by atoms with Gasteiger partial charge in [-0.15, -0.1) is 0 Å². The molecule has 1 aliphatic carbocycles. The highest BCUT2D eigenvalue weighted by Gasteiger charge is 2.44. The van der Waals surface area contributed by atoms with Gasteiger partial charge >= 0.3 is 5.97 Å². The molecule has 0 aromatic heterocycles. The summed E-state index contributed by atoms with van der Waals surface area (Å²) < 4.78 is 23.5. The number of rotatable bonds is 6. The summed E-state index contributed by atoms with van der Waals surface area (Å²) in [6.07, 6.45) is -0.417. The Morgan fingerprint density at radius 2 is 2.15 bits per heavy atom. The summed E-state index contributed by atoms with van der Waals surface area (Å²) in [5.74, 6) is -0.444. The highest BCUT2D eigenvalue weighted by molar-refractivity contribution is 7.99. The lowest BCUT2D eigenvalue weighted by Gasteiger charge is -2.10. The van der Waals surface area contributed by atoms with Crippen molar-refractivity contribution in [3.63, 3.8) is 0 Å². The molecule has 2 nitrogen and oxygen atoms in total. The van der Waals surface area contributed by atoms with Gasteiger partial charge in [-0.25, -0.2) is 8.78 Å². The fourth-order valence-electron chi connectivity index (χ4n) is 1.23. The molecule has 1 aliphatic rings. The molecule has 0 aromatic carbocycles. The van der Waals surface area contributed by atoms with E-state index in [4.69, 9.17) is 5.11 Å². The van der Waals surface area contributed by atoms with E-state index in [1.165, 1.54) is 0 Å². The number of hydrogen-bond acceptors (Lipinski definition) is 2. The summed E-state index contributed by atoms with van der Waals surface area (Å²) >= 11 is 1.16. The van der Waals surface area contributed by atoms with Gasteiger partial charge in [0.1, 0.15) is 0 Å². The second kappa shape index (κ2) is 4.26. The van der Waals surface area contributed by atoms with Crippen LogP contribution in [0.3, 0.4) is 0 Å². The number of carbonyl (C=O) groups is 1. The molecule has 0 atom stereocenters.